The van der Waals surface area contributed by atoms with Crippen LogP contribution in [-0.4, -0.2) is 9.55 Å². The third-order valence-corrected chi connectivity index (χ3v) is 5.03. The molecule has 0 saturated carbocycles. The van der Waals surface area contributed by atoms with Gasteiger partial charge in [0.2, 0.25) is 0 Å². The molecular formula is C21H15Cl2F2N3. The first-order valence-electron chi connectivity index (χ1n) is 8.58. The molecule has 0 unspecified atom stereocenters. The van der Waals surface area contributed by atoms with Crippen molar-refractivity contribution in [2.75, 3.05) is 5.32 Å². The molecule has 0 saturated heterocycles. The molecule has 0 aliphatic heterocycles. The van der Waals surface area contributed by atoms with Crippen molar-refractivity contribution in [2.45, 2.75) is 13.1 Å². The molecular weight excluding hydrogens is 403 g/mol. The van der Waals surface area contributed by atoms with Crippen molar-refractivity contribution >= 4 is 39.9 Å². The molecule has 1 N–H and O–H groups in total. The minimum atomic E-state index is -0.650. The minimum Gasteiger partial charge on any atom is -0.375 e. The second-order valence-electron chi connectivity index (χ2n) is 6.32. The summed E-state index contributed by atoms with van der Waals surface area (Å²) in [5, 5.41) is 4.12. The van der Waals surface area contributed by atoms with Crippen LogP contribution in [0, 0.1) is 11.6 Å². The molecule has 0 fully saturated rings. The second-order valence-corrected chi connectivity index (χ2v) is 7.16. The minimum absolute atomic E-state index is 0.213. The van der Waals surface area contributed by atoms with Gasteiger partial charge in [-0.3, -0.25) is 0 Å². The Labute approximate surface area is 170 Å². The molecule has 0 aliphatic carbocycles. The van der Waals surface area contributed by atoms with Crippen LogP contribution in [0.4, 0.5) is 14.5 Å². The number of hydrogen-bond donors (Lipinski definition) is 1. The molecule has 4 aromatic rings. The number of aromatic nitrogens is 2. The zero-order chi connectivity index (χ0) is 19.7. The van der Waals surface area contributed by atoms with Gasteiger partial charge in [0.05, 0.1) is 29.8 Å². The van der Waals surface area contributed by atoms with Gasteiger partial charge in [-0.25, -0.2) is 13.8 Å². The molecule has 0 spiro atoms. The van der Waals surface area contributed by atoms with Crippen LogP contribution in [-0.2, 0) is 13.1 Å². The van der Waals surface area contributed by atoms with Gasteiger partial charge in [-0.15, -0.1) is 0 Å². The van der Waals surface area contributed by atoms with Crippen molar-refractivity contribution in [3.63, 3.8) is 0 Å². The van der Waals surface area contributed by atoms with E-state index >= 15 is 0 Å². The van der Waals surface area contributed by atoms with Crippen LogP contribution in [0.25, 0.3) is 11.0 Å². The largest absolute Gasteiger partial charge is 0.375 e. The lowest BCUT2D eigenvalue weighted by atomic mass is 10.2. The van der Waals surface area contributed by atoms with Crippen LogP contribution < -0.4 is 5.32 Å². The Balaban J connectivity index is 1.68. The van der Waals surface area contributed by atoms with Gasteiger partial charge in [-0.05, 0) is 42.0 Å². The van der Waals surface area contributed by atoms with Gasteiger partial charge in [0.1, 0.15) is 17.5 Å². The van der Waals surface area contributed by atoms with E-state index in [9.17, 15) is 8.78 Å². The summed E-state index contributed by atoms with van der Waals surface area (Å²) in [6.45, 7) is 0.752. The quantitative estimate of drug-likeness (QED) is 0.413. The number of nitrogens with one attached hydrogen (secondary N) is 1. The van der Waals surface area contributed by atoms with E-state index in [0.717, 1.165) is 22.7 Å². The summed E-state index contributed by atoms with van der Waals surface area (Å²) in [5.41, 5.74) is 2.86. The summed E-state index contributed by atoms with van der Waals surface area (Å²) < 4.78 is 29.1. The molecule has 7 heteroatoms. The number of hydrogen-bond acceptors (Lipinski definition) is 2. The van der Waals surface area contributed by atoms with Crippen LogP contribution >= 0.6 is 23.2 Å². The van der Waals surface area contributed by atoms with E-state index in [1.807, 2.05) is 34.9 Å². The Morgan fingerprint density at radius 2 is 1.79 bits per heavy atom. The molecule has 1 aromatic heterocycles. The first-order chi connectivity index (χ1) is 13.5. The number of fused-ring (bicyclic) bond motifs is 1. The molecule has 4 rings (SSSR count). The van der Waals surface area contributed by atoms with E-state index in [1.165, 1.54) is 12.1 Å². The van der Waals surface area contributed by atoms with Gasteiger partial charge in [0, 0.05) is 16.1 Å². The van der Waals surface area contributed by atoms with E-state index < -0.39 is 11.6 Å². The predicted molar refractivity (Wildman–Crippen MR) is 109 cm³/mol. The summed E-state index contributed by atoms with van der Waals surface area (Å²) in [7, 11) is 0. The highest BCUT2D eigenvalue weighted by molar-refractivity contribution is 6.35. The third kappa shape index (κ3) is 3.81. The Hall–Kier alpha value is -2.63. The summed E-state index contributed by atoms with van der Waals surface area (Å²) in [4.78, 5) is 4.65. The Kier molecular flexibility index (Phi) is 5.20. The summed E-state index contributed by atoms with van der Waals surface area (Å²) in [5.74, 6) is -0.563. The summed E-state index contributed by atoms with van der Waals surface area (Å²) in [6.07, 6.45) is 0. The first-order valence-corrected chi connectivity index (χ1v) is 9.34. The Bertz CT molecular complexity index is 1160. The van der Waals surface area contributed by atoms with Crippen molar-refractivity contribution in [2.24, 2.45) is 0 Å². The van der Waals surface area contributed by atoms with E-state index in [1.54, 1.807) is 12.1 Å². The van der Waals surface area contributed by atoms with Gasteiger partial charge in [0.25, 0.3) is 0 Å². The number of anilines is 1. The highest BCUT2D eigenvalue weighted by atomic mass is 35.5. The van der Waals surface area contributed by atoms with Crippen molar-refractivity contribution in [3.8, 4) is 0 Å². The molecule has 3 nitrogen and oxygen atoms in total. The Morgan fingerprint density at radius 1 is 0.964 bits per heavy atom. The van der Waals surface area contributed by atoms with Gasteiger partial charge < -0.3 is 9.88 Å². The zero-order valence-corrected chi connectivity index (χ0v) is 16.1. The van der Waals surface area contributed by atoms with Gasteiger partial charge in [-0.2, -0.15) is 0 Å². The Morgan fingerprint density at radius 3 is 2.57 bits per heavy atom. The summed E-state index contributed by atoms with van der Waals surface area (Å²) >= 11 is 12.3. The lowest BCUT2D eigenvalue weighted by molar-refractivity contribution is 0.584. The molecule has 0 amide bonds. The van der Waals surface area contributed by atoms with Crippen LogP contribution in [0.1, 0.15) is 11.4 Å². The molecule has 28 heavy (non-hydrogen) atoms. The second kappa shape index (κ2) is 7.78. The van der Waals surface area contributed by atoms with Crippen LogP contribution in [0.15, 0.2) is 60.7 Å². The fraction of sp³-hybridized carbons (Fsp3) is 0.0952. The monoisotopic (exact) mass is 417 g/mol. The van der Waals surface area contributed by atoms with E-state index in [2.05, 4.69) is 10.3 Å². The molecule has 1 heterocycles. The maximum absolute atomic E-state index is 13.9. The number of para-hydroxylation sites is 2. The average Bonchev–Trinajstić information content (AvgIpc) is 3.01. The molecule has 142 valence electrons. The highest BCUT2D eigenvalue weighted by Gasteiger charge is 2.13. The fourth-order valence-corrected chi connectivity index (χ4v) is 3.53. The molecule has 3 aromatic carbocycles. The smallest absolute Gasteiger partial charge is 0.149 e. The molecule has 0 bridgehead atoms. The van der Waals surface area contributed by atoms with E-state index in [0.29, 0.717) is 22.4 Å². The van der Waals surface area contributed by atoms with Gasteiger partial charge >= 0.3 is 0 Å². The maximum Gasteiger partial charge on any atom is 0.149 e. The summed E-state index contributed by atoms with van der Waals surface area (Å²) in [6, 6.07) is 16.5. The highest BCUT2D eigenvalue weighted by Crippen LogP contribution is 2.25. The van der Waals surface area contributed by atoms with Gasteiger partial charge in [-0.1, -0.05) is 41.4 Å². The third-order valence-electron chi connectivity index (χ3n) is 4.45. The molecule has 0 radical (unpaired) electrons. The van der Waals surface area contributed by atoms with E-state index in [4.69, 9.17) is 23.2 Å². The van der Waals surface area contributed by atoms with Crippen LogP contribution in [0.5, 0.6) is 0 Å². The number of nitrogens with zero attached hydrogens (tertiary/aromatic N) is 2. The lowest BCUT2D eigenvalue weighted by Gasteiger charge is -2.12. The van der Waals surface area contributed by atoms with E-state index in [-0.39, 0.29) is 12.2 Å². The van der Waals surface area contributed by atoms with Crippen molar-refractivity contribution in [3.05, 3.63) is 93.7 Å². The number of rotatable bonds is 5. The standard InChI is InChI=1S/C21H15Cl2F2N3/c22-14-6-5-13(16(23)9-14)12-28-20-4-2-1-3-19(20)27-21(28)11-26-18-8-7-15(24)10-17(18)25/h1-10,26H,11-12H2. The molecule has 0 aliphatic rings. The van der Waals surface area contributed by atoms with Crippen molar-refractivity contribution < 1.29 is 8.78 Å². The van der Waals surface area contributed by atoms with Crippen LogP contribution in [0.2, 0.25) is 10.0 Å². The SMILES string of the molecule is Fc1ccc(NCc2nc3ccccc3n2Cc2ccc(Cl)cc2Cl)c(F)c1. The zero-order valence-electron chi connectivity index (χ0n) is 14.6. The van der Waals surface area contributed by atoms with Crippen molar-refractivity contribution in [1.29, 1.82) is 0 Å². The van der Waals surface area contributed by atoms with Crippen LogP contribution in [0.3, 0.4) is 0 Å². The van der Waals surface area contributed by atoms with Crippen molar-refractivity contribution in [1.82, 2.24) is 9.55 Å². The average molecular weight is 418 g/mol. The number of imidazole rings is 1. The van der Waals surface area contributed by atoms with Gasteiger partial charge in [0.15, 0.2) is 0 Å². The molecule has 0 atom stereocenters. The maximum atomic E-state index is 13.9. The first kappa shape index (κ1) is 18.7. The lowest BCUT2D eigenvalue weighted by Crippen LogP contribution is -2.11. The predicted octanol–water partition coefficient (Wildman–Crippen LogP) is 6.28. The topological polar surface area (TPSA) is 29.9 Å². The fourth-order valence-electron chi connectivity index (χ4n) is 3.06. The number of benzene rings is 3. The number of halogens is 4. The normalized spacial score (nSPS) is 11.1.